The third-order valence-electron chi connectivity index (χ3n) is 2.36. The first kappa shape index (κ1) is 13.6. The topological polar surface area (TPSA) is 41.3 Å². The number of nitrogens with two attached hydrogens (primary N) is 1. The number of hydrazine groups is 1. The predicted molar refractivity (Wildman–Crippen MR) is 71.6 cm³/mol. The van der Waals surface area contributed by atoms with Gasteiger partial charge in [0.05, 0.1) is 6.04 Å². The SMILES string of the molecule is CN(C)NC(CN)c1ccc(C(C)(C)C)s1. The third-order valence-corrected chi connectivity index (χ3v) is 3.98. The van der Waals surface area contributed by atoms with Crippen molar-refractivity contribution < 1.29 is 0 Å². The lowest BCUT2D eigenvalue weighted by Gasteiger charge is -2.21. The molecule has 0 fully saturated rings. The molecule has 0 aliphatic heterocycles. The molecule has 0 aliphatic carbocycles. The van der Waals surface area contributed by atoms with Gasteiger partial charge in [0.1, 0.15) is 0 Å². The van der Waals surface area contributed by atoms with Gasteiger partial charge in [-0.2, -0.15) is 0 Å². The zero-order valence-electron chi connectivity index (χ0n) is 10.9. The molecular formula is C12H23N3S. The molecule has 0 bridgehead atoms. The summed E-state index contributed by atoms with van der Waals surface area (Å²) in [5.41, 5.74) is 9.34. The quantitative estimate of drug-likeness (QED) is 0.793. The van der Waals surface area contributed by atoms with Crippen molar-refractivity contribution >= 4 is 11.3 Å². The van der Waals surface area contributed by atoms with Gasteiger partial charge >= 0.3 is 0 Å². The fourth-order valence-corrected chi connectivity index (χ4v) is 2.61. The molecule has 0 radical (unpaired) electrons. The number of hydrogen-bond donors (Lipinski definition) is 2. The normalized spacial score (nSPS) is 14.4. The Bertz CT molecular complexity index is 325. The molecule has 0 aromatic carbocycles. The fraction of sp³-hybridized carbons (Fsp3) is 0.667. The fourth-order valence-electron chi connectivity index (χ4n) is 1.49. The van der Waals surface area contributed by atoms with Crippen molar-refractivity contribution in [3.63, 3.8) is 0 Å². The van der Waals surface area contributed by atoms with Crippen LogP contribution in [0, 0.1) is 0 Å². The average Bonchev–Trinajstić information content (AvgIpc) is 2.61. The van der Waals surface area contributed by atoms with E-state index < -0.39 is 0 Å². The monoisotopic (exact) mass is 241 g/mol. The van der Waals surface area contributed by atoms with Crippen molar-refractivity contribution in [1.29, 1.82) is 0 Å². The van der Waals surface area contributed by atoms with Crippen LogP contribution in [0.25, 0.3) is 0 Å². The zero-order valence-corrected chi connectivity index (χ0v) is 11.7. The van der Waals surface area contributed by atoms with Crippen LogP contribution < -0.4 is 11.2 Å². The highest BCUT2D eigenvalue weighted by atomic mass is 32.1. The first-order valence-electron chi connectivity index (χ1n) is 5.58. The summed E-state index contributed by atoms with van der Waals surface area (Å²) in [6, 6.07) is 4.61. The lowest BCUT2D eigenvalue weighted by atomic mass is 9.95. The Morgan fingerprint density at radius 2 is 2.00 bits per heavy atom. The second kappa shape index (κ2) is 5.27. The Balaban J connectivity index is 2.83. The van der Waals surface area contributed by atoms with E-state index in [1.165, 1.54) is 9.75 Å². The zero-order chi connectivity index (χ0) is 12.3. The van der Waals surface area contributed by atoms with E-state index >= 15 is 0 Å². The molecule has 0 spiro atoms. The van der Waals surface area contributed by atoms with Crippen molar-refractivity contribution in [2.45, 2.75) is 32.2 Å². The van der Waals surface area contributed by atoms with E-state index in [-0.39, 0.29) is 11.5 Å². The summed E-state index contributed by atoms with van der Waals surface area (Å²) in [5.74, 6) is 0. The van der Waals surface area contributed by atoms with Crippen molar-refractivity contribution in [2.24, 2.45) is 5.73 Å². The van der Waals surface area contributed by atoms with Gasteiger partial charge in [-0.3, -0.25) is 0 Å². The Kier molecular flexibility index (Phi) is 4.50. The molecule has 1 rings (SSSR count). The van der Waals surface area contributed by atoms with E-state index in [0.717, 1.165) is 0 Å². The molecule has 1 aromatic rings. The Labute approximate surface area is 103 Å². The lowest BCUT2D eigenvalue weighted by molar-refractivity contribution is 0.247. The summed E-state index contributed by atoms with van der Waals surface area (Å²) < 4.78 is 0. The number of nitrogens with zero attached hydrogens (tertiary/aromatic N) is 1. The van der Waals surface area contributed by atoms with Gasteiger partial charge in [0.2, 0.25) is 0 Å². The Hall–Kier alpha value is -0.420. The minimum atomic E-state index is 0.219. The molecule has 3 nitrogen and oxygen atoms in total. The van der Waals surface area contributed by atoms with Gasteiger partial charge in [-0.15, -0.1) is 11.3 Å². The van der Waals surface area contributed by atoms with Crippen molar-refractivity contribution in [1.82, 2.24) is 10.4 Å². The second-order valence-corrected chi connectivity index (χ2v) is 6.38. The summed E-state index contributed by atoms with van der Waals surface area (Å²) >= 11 is 1.85. The molecule has 16 heavy (non-hydrogen) atoms. The summed E-state index contributed by atoms with van der Waals surface area (Å²) in [6.45, 7) is 7.32. The van der Waals surface area contributed by atoms with E-state index in [0.29, 0.717) is 6.54 Å². The van der Waals surface area contributed by atoms with Gasteiger partial charge in [0, 0.05) is 30.4 Å². The standard InChI is InChI=1S/C12H23N3S/c1-12(2,3)11-7-6-10(16-11)9(8-13)14-15(4)5/h6-7,9,14H,8,13H2,1-5H3. The van der Waals surface area contributed by atoms with Crippen LogP contribution in [0.5, 0.6) is 0 Å². The molecule has 92 valence electrons. The van der Waals surface area contributed by atoms with Crippen LogP contribution in [0.4, 0.5) is 0 Å². The smallest absolute Gasteiger partial charge is 0.0679 e. The second-order valence-electron chi connectivity index (χ2n) is 5.26. The molecule has 0 amide bonds. The Morgan fingerprint density at radius 1 is 1.38 bits per heavy atom. The van der Waals surface area contributed by atoms with Gasteiger partial charge in [0.15, 0.2) is 0 Å². The maximum atomic E-state index is 5.79. The molecule has 3 N–H and O–H groups in total. The molecule has 1 unspecified atom stereocenters. The van der Waals surface area contributed by atoms with Crippen LogP contribution in [0.15, 0.2) is 12.1 Å². The van der Waals surface area contributed by atoms with Crippen LogP contribution in [0.1, 0.15) is 36.6 Å². The summed E-state index contributed by atoms with van der Waals surface area (Å²) in [5, 5.41) is 1.95. The minimum absolute atomic E-state index is 0.219. The Morgan fingerprint density at radius 3 is 2.38 bits per heavy atom. The number of rotatable bonds is 4. The van der Waals surface area contributed by atoms with E-state index in [1.807, 2.05) is 30.4 Å². The maximum absolute atomic E-state index is 5.79. The maximum Gasteiger partial charge on any atom is 0.0679 e. The van der Waals surface area contributed by atoms with Gasteiger partial charge in [0.25, 0.3) is 0 Å². The third kappa shape index (κ3) is 3.56. The van der Waals surface area contributed by atoms with Crippen LogP contribution in [0.2, 0.25) is 0 Å². The highest BCUT2D eigenvalue weighted by Crippen LogP contribution is 2.32. The highest BCUT2D eigenvalue weighted by molar-refractivity contribution is 7.12. The molecular weight excluding hydrogens is 218 g/mol. The van der Waals surface area contributed by atoms with E-state index in [2.05, 4.69) is 38.3 Å². The molecule has 1 aromatic heterocycles. The van der Waals surface area contributed by atoms with Crippen molar-refractivity contribution in [3.8, 4) is 0 Å². The van der Waals surface area contributed by atoms with Gasteiger partial charge < -0.3 is 5.73 Å². The summed E-state index contributed by atoms with van der Waals surface area (Å²) in [6.07, 6.45) is 0. The van der Waals surface area contributed by atoms with Crippen LogP contribution in [0.3, 0.4) is 0 Å². The number of thiophene rings is 1. The van der Waals surface area contributed by atoms with Gasteiger partial charge in [-0.25, -0.2) is 10.4 Å². The van der Waals surface area contributed by atoms with Gasteiger partial charge in [-0.05, 0) is 17.5 Å². The minimum Gasteiger partial charge on any atom is -0.329 e. The molecule has 0 saturated heterocycles. The largest absolute Gasteiger partial charge is 0.329 e. The van der Waals surface area contributed by atoms with Crippen LogP contribution in [-0.2, 0) is 5.41 Å². The summed E-state index contributed by atoms with van der Waals surface area (Å²) in [4.78, 5) is 2.71. The molecule has 1 atom stereocenters. The average molecular weight is 241 g/mol. The first-order valence-corrected chi connectivity index (χ1v) is 6.40. The van der Waals surface area contributed by atoms with Crippen molar-refractivity contribution in [2.75, 3.05) is 20.6 Å². The van der Waals surface area contributed by atoms with E-state index in [1.54, 1.807) is 0 Å². The molecule has 4 heteroatoms. The lowest BCUT2D eigenvalue weighted by Crippen LogP contribution is -2.37. The number of nitrogens with one attached hydrogen (secondary N) is 1. The van der Waals surface area contributed by atoms with Crippen LogP contribution >= 0.6 is 11.3 Å². The molecule has 0 aliphatic rings. The highest BCUT2D eigenvalue weighted by Gasteiger charge is 2.19. The predicted octanol–water partition coefficient (Wildman–Crippen LogP) is 2.11. The van der Waals surface area contributed by atoms with Crippen molar-refractivity contribution in [3.05, 3.63) is 21.9 Å². The van der Waals surface area contributed by atoms with Crippen LogP contribution in [-0.4, -0.2) is 25.6 Å². The first-order chi connectivity index (χ1) is 7.34. The summed E-state index contributed by atoms with van der Waals surface area (Å²) in [7, 11) is 3.97. The molecule has 0 saturated carbocycles. The van der Waals surface area contributed by atoms with E-state index in [9.17, 15) is 0 Å². The molecule has 1 heterocycles. The van der Waals surface area contributed by atoms with Gasteiger partial charge in [-0.1, -0.05) is 20.8 Å². The number of hydrogen-bond acceptors (Lipinski definition) is 4. The van der Waals surface area contributed by atoms with E-state index in [4.69, 9.17) is 5.73 Å².